The fourth-order valence-corrected chi connectivity index (χ4v) is 1.47. The molecular weight excluding hydrogens is 238 g/mol. The van der Waals surface area contributed by atoms with Crippen molar-refractivity contribution in [2.45, 2.75) is 6.42 Å². The van der Waals surface area contributed by atoms with Crippen molar-refractivity contribution in [1.29, 1.82) is 0 Å². The van der Waals surface area contributed by atoms with Gasteiger partial charge in [0.25, 0.3) is 0 Å². The zero-order valence-corrected chi connectivity index (χ0v) is 10.9. The summed E-state index contributed by atoms with van der Waals surface area (Å²) in [4.78, 5) is 2.12. The van der Waals surface area contributed by atoms with E-state index in [-0.39, 0.29) is 5.75 Å². The van der Waals surface area contributed by atoms with E-state index in [0.717, 1.165) is 25.6 Å². The van der Waals surface area contributed by atoms with E-state index in [9.17, 15) is 8.78 Å². The SMILES string of the molecule is CN(C)CCCNCCOc1ccc(F)cc1F. The first-order valence-electron chi connectivity index (χ1n) is 6.03. The Balaban J connectivity index is 2.11. The minimum atomic E-state index is -0.664. The zero-order chi connectivity index (χ0) is 13.4. The molecule has 0 unspecified atom stereocenters. The first-order chi connectivity index (χ1) is 8.59. The Morgan fingerprint density at radius 1 is 1.22 bits per heavy atom. The molecule has 1 aromatic rings. The maximum Gasteiger partial charge on any atom is 0.167 e. The average molecular weight is 258 g/mol. The largest absolute Gasteiger partial charge is 0.489 e. The Bertz CT molecular complexity index is 359. The highest BCUT2D eigenvalue weighted by Gasteiger charge is 2.03. The van der Waals surface area contributed by atoms with Crippen LogP contribution < -0.4 is 10.1 Å². The second kappa shape index (κ2) is 8.00. The van der Waals surface area contributed by atoms with Crippen LogP contribution >= 0.6 is 0 Å². The molecule has 5 heteroatoms. The molecule has 1 rings (SSSR count). The Hall–Kier alpha value is -1.20. The predicted molar refractivity (Wildman–Crippen MR) is 67.9 cm³/mol. The molecule has 1 aromatic carbocycles. The van der Waals surface area contributed by atoms with Gasteiger partial charge in [-0.15, -0.1) is 0 Å². The monoisotopic (exact) mass is 258 g/mol. The number of halogens is 2. The maximum atomic E-state index is 13.2. The van der Waals surface area contributed by atoms with Gasteiger partial charge in [0.15, 0.2) is 11.6 Å². The van der Waals surface area contributed by atoms with Gasteiger partial charge in [0, 0.05) is 12.6 Å². The van der Waals surface area contributed by atoms with Crippen LogP contribution in [-0.2, 0) is 0 Å². The first kappa shape index (κ1) is 14.9. The Kier molecular flexibility index (Phi) is 6.60. The second-order valence-corrected chi connectivity index (χ2v) is 4.33. The van der Waals surface area contributed by atoms with E-state index in [1.165, 1.54) is 12.1 Å². The van der Waals surface area contributed by atoms with Gasteiger partial charge in [0.05, 0.1) is 0 Å². The Morgan fingerprint density at radius 2 is 2.00 bits per heavy atom. The van der Waals surface area contributed by atoms with E-state index in [0.29, 0.717) is 13.2 Å². The molecule has 0 saturated carbocycles. The topological polar surface area (TPSA) is 24.5 Å². The summed E-state index contributed by atoms with van der Waals surface area (Å²) in [5, 5.41) is 3.19. The van der Waals surface area contributed by atoms with Gasteiger partial charge >= 0.3 is 0 Å². The van der Waals surface area contributed by atoms with Crippen LogP contribution in [0.3, 0.4) is 0 Å². The van der Waals surface area contributed by atoms with Gasteiger partial charge in [-0.1, -0.05) is 0 Å². The first-order valence-corrected chi connectivity index (χ1v) is 6.03. The maximum absolute atomic E-state index is 13.2. The molecule has 0 aliphatic carbocycles. The number of rotatable bonds is 8. The molecule has 0 bridgehead atoms. The summed E-state index contributed by atoms with van der Waals surface area (Å²) in [5.41, 5.74) is 0. The third-order valence-electron chi connectivity index (χ3n) is 2.39. The van der Waals surface area contributed by atoms with Gasteiger partial charge in [-0.25, -0.2) is 8.78 Å². The van der Waals surface area contributed by atoms with Crippen LogP contribution in [0.15, 0.2) is 18.2 Å². The summed E-state index contributed by atoms with van der Waals surface area (Å²) in [7, 11) is 4.06. The van der Waals surface area contributed by atoms with Crippen LogP contribution in [0.25, 0.3) is 0 Å². The summed E-state index contributed by atoms with van der Waals surface area (Å²) in [6.07, 6.45) is 1.05. The number of benzene rings is 1. The molecular formula is C13H20F2N2O. The van der Waals surface area contributed by atoms with Gasteiger partial charge in [-0.05, 0) is 45.7 Å². The van der Waals surface area contributed by atoms with E-state index in [1.807, 2.05) is 14.1 Å². The summed E-state index contributed by atoms with van der Waals surface area (Å²) in [6.45, 7) is 2.93. The van der Waals surface area contributed by atoms with Crippen molar-refractivity contribution in [3.05, 3.63) is 29.8 Å². The number of nitrogens with zero attached hydrogens (tertiary/aromatic N) is 1. The number of ether oxygens (including phenoxy) is 1. The number of hydrogen-bond acceptors (Lipinski definition) is 3. The summed E-state index contributed by atoms with van der Waals surface area (Å²) in [6, 6.07) is 3.31. The van der Waals surface area contributed by atoms with Crippen LogP contribution in [-0.4, -0.2) is 45.2 Å². The fourth-order valence-electron chi connectivity index (χ4n) is 1.47. The molecule has 0 aromatic heterocycles. The Labute approximate surface area is 107 Å². The molecule has 3 nitrogen and oxygen atoms in total. The van der Waals surface area contributed by atoms with Crippen molar-refractivity contribution in [3.63, 3.8) is 0 Å². The quantitative estimate of drug-likeness (QED) is 0.721. The van der Waals surface area contributed by atoms with Crippen LogP contribution in [0, 0.1) is 11.6 Å². The van der Waals surface area contributed by atoms with Gasteiger partial charge < -0.3 is 15.0 Å². The predicted octanol–water partition coefficient (Wildman–Crippen LogP) is 1.88. The summed E-state index contributed by atoms with van der Waals surface area (Å²) >= 11 is 0. The van der Waals surface area contributed by atoms with E-state index in [2.05, 4.69) is 10.2 Å². The smallest absolute Gasteiger partial charge is 0.167 e. The van der Waals surface area contributed by atoms with Crippen LogP contribution in [0.2, 0.25) is 0 Å². The van der Waals surface area contributed by atoms with Gasteiger partial charge in [0.1, 0.15) is 12.4 Å². The van der Waals surface area contributed by atoms with Crippen LogP contribution in [0.1, 0.15) is 6.42 Å². The molecule has 0 saturated heterocycles. The lowest BCUT2D eigenvalue weighted by atomic mass is 10.3. The van der Waals surface area contributed by atoms with Crippen LogP contribution in [0.5, 0.6) is 5.75 Å². The molecule has 0 heterocycles. The lowest BCUT2D eigenvalue weighted by molar-refractivity contribution is 0.296. The molecule has 102 valence electrons. The summed E-state index contributed by atoms with van der Waals surface area (Å²) < 4.78 is 31.0. The van der Waals surface area contributed by atoms with E-state index < -0.39 is 11.6 Å². The van der Waals surface area contributed by atoms with Crippen molar-refractivity contribution < 1.29 is 13.5 Å². The van der Waals surface area contributed by atoms with Crippen molar-refractivity contribution in [1.82, 2.24) is 10.2 Å². The lowest BCUT2D eigenvalue weighted by Crippen LogP contribution is -2.25. The van der Waals surface area contributed by atoms with Crippen molar-refractivity contribution >= 4 is 0 Å². The van der Waals surface area contributed by atoms with Crippen molar-refractivity contribution in [3.8, 4) is 5.75 Å². The minimum absolute atomic E-state index is 0.0893. The van der Waals surface area contributed by atoms with E-state index in [1.54, 1.807) is 0 Å². The van der Waals surface area contributed by atoms with Gasteiger partial charge in [-0.2, -0.15) is 0 Å². The molecule has 0 radical (unpaired) electrons. The molecule has 0 atom stereocenters. The number of nitrogens with one attached hydrogen (secondary N) is 1. The van der Waals surface area contributed by atoms with Crippen LogP contribution in [0.4, 0.5) is 8.78 Å². The van der Waals surface area contributed by atoms with Crippen molar-refractivity contribution in [2.75, 3.05) is 40.3 Å². The third-order valence-corrected chi connectivity index (χ3v) is 2.39. The van der Waals surface area contributed by atoms with Gasteiger partial charge in [-0.3, -0.25) is 0 Å². The van der Waals surface area contributed by atoms with E-state index >= 15 is 0 Å². The number of hydrogen-bond donors (Lipinski definition) is 1. The highest BCUT2D eigenvalue weighted by atomic mass is 19.1. The normalized spacial score (nSPS) is 10.9. The second-order valence-electron chi connectivity index (χ2n) is 4.33. The summed E-state index contributed by atoms with van der Waals surface area (Å²) in [5.74, 6) is -1.17. The Morgan fingerprint density at radius 3 is 2.67 bits per heavy atom. The average Bonchev–Trinajstić information content (AvgIpc) is 2.30. The minimum Gasteiger partial charge on any atom is -0.489 e. The molecule has 0 aliphatic heterocycles. The van der Waals surface area contributed by atoms with Gasteiger partial charge in [0.2, 0.25) is 0 Å². The molecule has 0 spiro atoms. The van der Waals surface area contributed by atoms with Crippen molar-refractivity contribution in [2.24, 2.45) is 0 Å². The molecule has 0 amide bonds. The lowest BCUT2D eigenvalue weighted by Gasteiger charge is -2.10. The molecule has 0 fully saturated rings. The van der Waals surface area contributed by atoms with E-state index in [4.69, 9.17) is 4.74 Å². The molecule has 18 heavy (non-hydrogen) atoms. The highest BCUT2D eigenvalue weighted by molar-refractivity contribution is 5.24. The molecule has 1 N–H and O–H groups in total. The molecule has 0 aliphatic rings. The highest BCUT2D eigenvalue weighted by Crippen LogP contribution is 2.17. The zero-order valence-electron chi connectivity index (χ0n) is 10.9. The standard InChI is InChI=1S/C13H20F2N2O/c1-17(2)8-3-6-16-7-9-18-13-5-4-11(14)10-12(13)15/h4-5,10,16H,3,6-9H2,1-2H3. The third kappa shape index (κ3) is 5.93. The fraction of sp³-hybridized carbons (Fsp3) is 0.538.